The van der Waals surface area contributed by atoms with Crippen molar-refractivity contribution in [2.24, 2.45) is 5.10 Å². The molecule has 0 spiro atoms. The van der Waals surface area contributed by atoms with Crippen molar-refractivity contribution < 1.29 is 19.1 Å². The van der Waals surface area contributed by atoms with E-state index in [9.17, 15) is 14.4 Å². The van der Waals surface area contributed by atoms with Crippen molar-refractivity contribution in [1.82, 2.24) is 10.3 Å². The lowest BCUT2D eigenvalue weighted by molar-refractivity contribution is -0.120. The number of benzene rings is 1. The van der Waals surface area contributed by atoms with Gasteiger partial charge in [0.1, 0.15) is 12.8 Å². The minimum Gasteiger partial charge on any atom is -0.447 e. The number of carbonyl (C=O) groups is 3. The van der Waals surface area contributed by atoms with Crippen LogP contribution in [0.1, 0.15) is 15.9 Å². The number of cyclic esters (lactones) is 1. The van der Waals surface area contributed by atoms with Gasteiger partial charge in [-0.2, -0.15) is 5.10 Å². The molecule has 7 nitrogen and oxygen atoms in total. The highest BCUT2D eigenvalue weighted by atomic mass is 16.6. The van der Waals surface area contributed by atoms with Crippen LogP contribution < -0.4 is 5.43 Å². The van der Waals surface area contributed by atoms with Gasteiger partial charge in [0.15, 0.2) is 0 Å². The van der Waals surface area contributed by atoms with Crippen LogP contribution in [-0.4, -0.2) is 42.2 Å². The van der Waals surface area contributed by atoms with Crippen LogP contribution in [0.2, 0.25) is 0 Å². The first-order valence-electron chi connectivity index (χ1n) is 5.96. The van der Waals surface area contributed by atoms with Crippen LogP contribution in [0.4, 0.5) is 4.79 Å². The van der Waals surface area contributed by atoms with Gasteiger partial charge in [-0.05, 0) is 19.1 Å². The lowest BCUT2D eigenvalue weighted by atomic mass is 10.1. The summed E-state index contributed by atoms with van der Waals surface area (Å²) in [7, 11) is 0. The van der Waals surface area contributed by atoms with E-state index in [-0.39, 0.29) is 13.2 Å². The zero-order chi connectivity index (χ0) is 14.5. The summed E-state index contributed by atoms with van der Waals surface area (Å²) in [6.45, 7) is 2.28. The summed E-state index contributed by atoms with van der Waals surface area (Å²) in [5, 5.41) is 3.53. The van der Waals surface area contributed by atoms with Gasteiger partial charge >= 0.3 is 6.09 Å². The second kappa shape index (κ2) is 5.96. The SMILES string of the molecule is Cc1ccc(C(=O)N/N=C/C(=O)N2CCOC2=O)cc1. The summed E-state index contributed by atoms with van der Waals surface area (Å²) >= 11 is 0. The molecule has 1 aliphatic rings. The molecule has 0 radical (unpaired) electrons. The molecule has 3 amide bonds. The largest absolute Gasteiger partial charge is 0.447 e. The standard InChI is InChI=1S/C13H13N3O4/c1-9-2-4-10(5-3-9)12(18)15-14-8-11(17)16-6-7-20-13(16)19/h2-5,8H,6-7H2,1H3,(H,15,18)/b14-8+. The number of hydrogen-bond acceptors (Lipinski definition) is 5. The molecule has 7 heteroatoms. The quantitative estimate of drug-likeness (QED) is 0.649. The van der Waals surface area contributed by atoms with Crippen LogP contribution in [0, 0.1) is 6.92 Å². The topological polar surface area (TPSA) is 88.1 Å². The summed E-state index contributed by atoms with van der Waals surface area (Å²) < 4.78 is 4.61. The molecular formula is C13H13N3O4. The van der Waals surface area contributed by atoms with Gasteiger partial charge in [0.2, 0.25) is 0 Å². The predicted octanol–water partition coefficient (Wildman–Crippen LogP) is 0.689. The predicted molar refractivity (Wildman–Crippen MR) is 70.2 cm³/mol. The Kier molecular flexibility index (Phi) is 4.09. The number of ether oxygens (including phenoxy) is 1. The number of hydrazone groups is 1. The van der Waals surface area contributed by atoms with Crippen molar-refractivity contribution in [3.05, 3.63) is 35.4 Å². The summed E-state index contributed by atoms with van der Waals surface area (Å²) in [6, 6.07) is 6.90. The minimum absolute atomic E-state index is 0.175. The van der Waals surface area contributed by atoms with Crippen molar-refractivity contribution in [2.75, 3.05) is 13.2 Å². The summed E-state index contributed by atoms with van der Waals surface area (Å²) in [5.74, 6) is -1.06. The highest BCUT2D eigenvalue weighted by Crippen LogP contribution is 2.03. The van der Waals surface area contributed by atoms with E-state index in [1.165, 1.54) is 0 Å². The number of amides is 3. The zero-order valence-electron chi connectivity index (χ0n) is 10.8. The first kappa shape index (κ1) is 13.7. The smallest absolute Gasteiger partial charge is 0.417 e. The van der Waals surface area contributed by atoms with E-state index in [4.69, 9.17) is 0 Å². The fourth-order valence-electron chi connectivity index (χ4n) is 1.58. The molecule has 1 aromatic rings. The van der Waals surface area contributed by atoms with Crippen molar-refractivity contribution in [1.29, 1.82) is 0 Å². The average molecular weight is 275 g/mol. The fourth-order valence-corrected chi connectivity index (χ4v) is 1.58. The molecule has 1 fully saturated rings. The molecule has 0 aliphatic carbocycles. The summed E-state index contributed by atoms with van der Waals surface area (Å²) in [5.41, 5.74) is 3.68. The van der Waals surface area contributed by atoms with Gasteiger partial charge in [-0.1, -0.05) is 17.7 Å². The Hall–Kier alpha value is -2.70. The maximum atomic E-state index is 11.7. The molecule has 0 unspecified atom stereocenters. The lowest BCUT2D eigenvalue weighted by Crippen LogP contribution is -2.33. The summed E-state index contributed by atoms with van der Waals surface area (Å²) in [6.07, 6.45) is 0.171. The molecular weight excluding hydrogens is 262 g/mol. The number of aryl methyl sites for hydroxylation is 1. The van der Waals surface area contributed by atoms with Gasteiger partial charge < -0.3 is 4.74 Å². The number of nitrogens with one attached hydrogen (secondary N) is 1. The third kappa shape index (κ3) is 3.19. The maximum absolute atomic E-state index is 11.7. The lowest BCUT2D eigenvalue weighted by Gasteiger charge is -2.05. The Balaban J connectivity index is 1.89. The highest BCUT2D eigenvalue weighted by molar-refractivity contribution is 6.29. The van der Waals surface area contributed by atoms with E-state index in [1.807, 2.05) is 6.92 Å². The van der Waals surface area contributed by atoms with Crippen molar-refractivity contribution in [2.45, 2.75) is 6.92 Å². The van der Waals surface area contributed by atoms with Crippen LogP contribution in [0.25, 0.3) is 0 Å². The Morgan fingerprint density at radius 3 is 2.65 bits per heavy atom. The van der Waals surface area contributed by atoms with Gasteiger partial charge in [-0.3, -0.25) is 9.59 Å². The molecule has 0 atom stereocenters. The van der Waals surface area contributed by atoms with E-state index < -0.39 is 17.9 Å². The Bertz CT molecular complexity index is 565. The minimum atomic E-state index is -0.702. The van der Waals surface area contributed by atoms with E-state index in [2.05, 4.69) is 15.3 Å². The van der Waals surface area contributed by atoms with Gasteiger partial charge in [-0.15, -0.1) is 0 Å². The monoisotopic (exact) mass is 275 g/mol. The first-order valence-corrected chi connectivity index (χ1v) is 5.96. The molecule has 0 bridgehead atoms. The second-order valence-electron chi connectivity index (χ2n) is 4.17. The summed E-state index contributed by atoms with van der Waals surface area (Å²) in [4.78, 5) is 35.2. The van der Waals surface area contributed by atoms with Crippen LogP contribution in [0.5, 0.6) is 0 Å². The molecule has 0 saturated carbocycles. The van der Waals surface area contributed by atoms with Crippen molar-refractivity contribution in [3.8, 4) is 0 Å². The molecule has 0 aromatic heterocycles. The molecule has 104 valence electrons. The Labute approximate surface area is 115 Å². The van der Waals surface area contributed by atoms with Crippen molar-refractivity contribution >= 4 is 24.1 Å². The number of hydrogen-bond donors (Lipinski definition) is 1. The number of imide groups is 1. The van der Waals surface area contributed by atoms with Crippen LogP contribution in [0.3, 0.4) is 0 Å². The highest BCUT2D eigenvalue weighted by Gasteiger charge is 2.27. The van der Waals surface area contributed by atoms with Crippen molar-refractivity contribution in [3.63, 3.8) is 0 Å². The van der Waals surface area contributed by atoms with Crippen LogP contribution in [0.15, 0.2) is 29.4 Å². The molecule has 2 rings (SSSR count). The van der Waals surface area contributed by atoms with Gasteiger partial charge in [0.25, 0.3) is 11.8 Å². The van der Waals surface area contributed by atoms with E-state index >= 15 is 0 Å². The second-order valence-corrected chi connectivity index (χ2v) is 4.17. The van der Waals surface area contributed by atoms with E-state index in [1.54, 1.807) is 24.3 Å². The molecule has 1 N–H and O–H groups in total. The Morgan fingerprint density at radius 1 is 1.35 bits per heavy atom. The van der Waals surface area contributed by atoms with Gasteiger partial charge in [-0.25, -0.2) is 15.1 Å². The van der Waals surface area contributed by atoms with E-state index in [0.29, 0.717) is 5.56 Å². The van der Waals surface area contributed by atoms with Crippen LogP contribution in [-0.2, 0) is 9.53 Å². The Morgan fingerprint density at radius 2 is 2.05 bits per heavy atom. The molecule has 1 aliphatic heterocycles. The van der Waals surface area contributed by atoms with Crippen LogP contribution >= 0.6 is 0 Å². The number of nitrogens with zero attached hydrogens (tertiary/aromatic N) is 2. The third-order valence-electron chi connectivity index (χ3n) is 2.68. The average Bonchev–Trinajstić information content (AvgIpc) is 2.85. The number of carbonyl (C=O) groups excluding carboxylic acids is 3. The van der Waals surface area contributed by atoms with E-state index in [0.717, 1.165) is 16.7 Å². The van der Waals surface area contributed by atoms with Gasteiger partial charge in [0, 0.05) is 5.56 Å². The maximum Gasteiger partial charge on any atom is 0.417 e. The normalized spacial score (nSPS) is 14.4. The molecule has 20 heavy (non-hydrogen) atoms. The third-order valence-corrected chi connectivity index (χ3v) is 2.68. The molecule has 1 aromatic carbocycles. The van der Waals surface area contributed by atoms with Gasteiger partial charge in [0.05, 0.1) is 6.54 Å². The molecule has 1 heterocycles. The zero-order valence-corrected chi connectivity index (χ0v) is 10.8. The molecule has 1 saturated heterocycles. The first-order chi connectivity index (χ1) is 9.58. The number of rotatable bonds is 3. The fraction of sp³-hybridized carbons (Fsp3) is 0.231.